The summed E-state index contributed by atoms with van der Waals surface area (Å²) < 4.78 is 12.4. The van der Waals surface area contributed by atoms with E-state index in [-0.39, 0.29) is 17.5 Å². The second kappa shape index (κ2) is 4.97. The fourth-order valence-corrected chi connectivity index (χ4v) is 3.22. The maximum absolute atomic E-state index is 11.7. The number of H-pyrrole nitrogens is 1. The molecule has 0 aromatic carbocycles. The maximum Gasteiger partial charge on any atom is 0.329 e. The van der Waals surface area contributed by atoms with Gasteiger partial charge >= 0.3 is 5.69 Å². The number of nitrogens with two attached hydrogens (primary N) is 1. The first-order chi connectivity index (χ1) is 8.49. The number of aromatic amines is 1. The average molecular weight is 272 g/mol. The third-order valence-electron chi connectivity index (χ3n) is 3.11. The van der Waals surface area contributed by atoms with Crippen molar-refractivity contribution in [3.05, 3.63) is 20.8 Å². The smallest absolute Gasteiger partial charge is 0.329 e. The minimum absolute atomic E-state index is 0.0728. The van der Waals surface area contributed by atoms with Gasteiger partial charge in [0.15, 0.2) is 0 Å². The van der Waals surface area contributed by atoms with Crippen molar-refractivity contribution in [2.75, 3.05) is 22.6 Å². The van der Waals surface area contributed by atoms with Crippen molar-refractivity contribution in [1.82, 2.24) is 9.55 Å². The minimum atomic E-state index is -0.750. The first-order valence-corrected chi connectivity index (χ1v) is 7.18. The Morgan fingerprint density at radius 1 is 1.39 bits per heavy atom. The predicted octanol–water partition coefficient (Wildman–Crippen LogP) is -1.02. The Morgan fingerprint density at radius 3 is 2.61 bits per heavy atom. The Hall–Kier alpha value is -1.57. The van der Waals surface area contributed by atoms with Gasteiger partial charge in [-0.2, -0.15) is 0 Å². The Morgan fingerprint density at radius 2 is 2.00 bits per heavy atom. The average Bonchev–Trinajstić information content (AvgIpc) is 2.34. The minimum Gasteiger partial charge on any atom is -0.383 e. The number of hydrogen-bond donors (Lipinski definition) is 3. The van der Waals surface area contributed by atoms with Gasteiger partial charge in [-0.05, 0) is 12.8 Å². The van der Waals surface area contributed by atoms with Crippen molar-refractivity contribution in [2.45, 2.75) is 18.9 Å². The van der Waals surface area contributed by atoms with E-state index in [1.54, 1.807) is 0 Å². The molecule has 0 bridgehead atoms. The van der Waals surface area contributed by atoms with Gasteiger partial charge in [0, 0.05) is 35.4 Å². The molecule has 2 rings (SSSR count). The summed E-state index contributed by atoms with van der Waals surface area (Å²) in [6.07, 6.45) is 1.46. The third-order valence-corrected chi connectivity index (χ3v) is 4.49. The zero-order valence-electron chi connectivity index (χ0n) is 10.1. The van der Waals surface area contributed by atoms with Crippen LogP contribution >= 0.6 is 0 Å². The van der Waals surface area contributed by atoms with E-state index in [1.165, 1.54) is 11.6 Å². The molecule has 4 N–H and O–H groups in total. The summed E-state index contributed by atoms with van der Waals surface area (Å²) in [6, 6.07) is 0.0728. The summed E-state index contributed by atoms with van der Waals surface area (Å²) in [5.74, 6) is 1.37. The van der Waals surface area contributed by atoms with Crippen LogP contribution in [0.1, 0.15) is 12.8 Å². The SMILES string of the molecule is Cn1c(N)c(NC2CCS(=O)CC2)c(=O)[nH]c1=O. The zero-order valence-corrected chi connectivity index (χ0v) is 10.9. The second-order valence-electron chi connectivity index (χ2n) is 4.35. The zero-order chi connectivity index (χ0) is 13.3. The van der Waals surface area contributed by atoms with Crippen LogP contribution in [-0.2, 0) is 17.8 Å². The number of anilines is 2. The fraction of sp³-hybridized carbons (Fsp3) is 0.600. The number of hydrogen-bond acceptors (Lipinski definition) is 5. The lowest BCUT2D eigenvalue weighted by Gasteiger charge is -2.24. The summed E-state index contributed by atoms with van der Waals surface area (Å²) >= 11 is 0. The van der Waals surface area contributed by atoms with E-state index in [1.807, 2.05) is 0 Å². The molecule has 1 aromatic heterocycles. The van der Waals surface area contributed by atoms with Gasteiger partial charge < -0.3 is 11.1 Å². The molecule has 1 fully saturated rings. The number of nitrogens with zero attached hydrogens (tertiary/aromatic N) is 1. The fourth-order valence-electron chi connectivity index (χ4n) is 1.92. The lowest BCUT2D eigenvalue weighted by molar-refractivity contribution is 0.622. The van der Waals surface area contributed by atoms with Crippen molar-refractivity contribution >= 4 is 22.3 Å². The predicted molar refractivity (Wildman–Crippen MR) is 71.2 cm³/mol. The summed E-state index contributed by atoms with van der Waals surface area (Å²) in [4.78, 5) is 25.2. The van der Waals surface area contributed by atoms with E-state index in [0.29, 0.717) is 11.5 Å². The molecular formula is C10H16N4O3S. The Labute approximate surface area is 106 Å². The topological polar surface area (TPSA) is 110 Å². The molecule has 8 heteroatoms. The quantitative estimate of drug-likeness (QED) is 0.638. The van der Waals surface area contributed by atoms with E-state index in [9.17, 15) is 13.8 Å². The first-order valence-electron chi connectivity index (χ1n) is 5.69. The van der Waals surface area contributed by atoms with Gasteiger partial charge in [-0.3, -0.25) is 18.6 Å². The molecular weight excluding hydrogens is 256 g/mol. The molecule has 1 aromatic rings. The molecule has 0 spiro atoms. The van der Waals surface area contributed by atoms with Crippen molar-refractivity contribution in [1.29, 1.82) is 0 Å². The van der Waals surface area contributed by atoms with Crippen LogP contribution in [0.4, 0.5) is 11.5 Å². The molecule has 7 nitrogen and oxygen atoms in total. The highest BCUT2D eigenvalue weighted by molar-refractivity contribution is 7.85. The highest BCUT2D eigenvalue weighted by atomic mass is 32.2. The molecule has 1 aliphatic rings. The number of aromatic nitrogens is 2. The molecule has 0 unspecified atom stereocenters. The summed E-state index contributed by atoms with van der Waals surface area (Å²) in [7, 11) is 0.745. The first kappa shape index (κ1) is 12.9. The van der Waals surface area contributed by atoms with E-state index in [0.717, 1.165) is 12.8 Å². The highest BCUT2D eigenvalue weighted by Crippen LogP contribution is 2.16. The largest absolute Gasteiger partial charge is 0.383 e. The van der Waals surface area contributed by atoms with Gasteiger partial charge in [-0.1, -0.05) is 0 Å². The van der Waals surface area contributed by atoms with Crippen LogP contribution in [0, 0.1) is 0 Å². The van der Waals surface area contributed by atoms with Crippen molar-refractivity contribution in [3.63, 3.8) is 0 Å². The van der Waals surface area contributed by atoms with Gasteiger partial charge in [-0.25, -0.2) is 4.79 Å². The van der Waals surface area contributed by atoms with Crippen LogP contribution in [0.25, 0.3) is 0 Å². The molecule has 18 heavy (non-hydrogen) atoms. The van der Waals surface area contributed by atoms with Gasteiger partial charge in [-0.15, -0.1) is 0 Å². The number of nitrogen functional groups attached to an aromatic ring is 1. The molecule has 1 aliphatic heterocycles. The standard InChI is InChI=1S/C10H16N4O3S/c1-14-8(11)7(9(15)13-10(14)16)12-6-2-4-18(17)5-3-6/h6,12H,2-5,11H2,1H3,(H,13,15,16). The van der Waals surface area contributed by atoms with Crippen LogP contribution in [0.15, 0.2) is 9.59 Å². The van der Waals surface area contributed by atoms with E-state index < -0.39 is 22.0 Å². The van der Waals surface area contributed by atoms with Crippen molar-refractivity contribution < 1.29 is 4.21 Å². The monoisotopic (exact) mass is 272 g/mol. The van der Waals surface area contributed by atoms with Gasteiger partial charge in [0.1, 0.15) is 11.5 Å². The van der Waals surface area contributed by atoms with Gasteiger partial charge in [0.05, 0.1) is 0 Å². The second-order valence-corrected chi connectivity index (χ2v) is 6.04. The number of nitrogens with one attached hydrogen (secondary N) is 2. The van der Waals surface area contributed by atoms with E-state index in [4.69, 9.17) is 5.73 Å². The lowest BCUT2D eigenvalue weighted by atomic mass is 10.1. The molecule has 0 aliphatic carbocycles. The normalized spacial score (nSPS) is 23.8. The summed E-state index contributed by atoms with van der Waals surface area (Å²) in [6.45, 7) is 0. The van der Waals surface area contributed by atoms with Crippen LogP contribution in [0.5, 0.6) is 0 Å². The molecule has 0 radical (unpaired) electrons. The number of rotatable bonds is 2. The molecule has 0 saturated carbocycles. The Balaban J connectivity index is 2.24. The van der Waals surface area contributed by atoms with Crippen LogP contribution < -0.4 is 22.3 Å². The van der Waals surface area contributed by atoms with E-state index >= 15 is 0 Å². The highest BCUT2D eigenvalue weighted by Gasteiger charge is 2.20. The molecule has 100 valence electrons. The van der Waals surface area contributed by atoms with Crippen molar-refractivity contribution in [2.24, 2.45) is 7.05 Å². The Bertz CT molecular complexity index is 582. The van der Waals surface area contributed by atoms with Crippen LogP contribution in [0.2, 0.25) is 0 Å². The van der Waals surface area contributed by atoms with E-state index in [2.05, 4.69) is 10.3 Å². The lowest BCUT2D eigenvalue weighted by Crippen LogP contribution is -2.36. The molecule has 1 saturated heterocycles. The maximum atomic E-state index is 11.7. The van der Waals surface area contributed by atoms with Crippen LogP contribution in [0.3, 0.4) is 0 Å². The Kier molecular flexibility index (Phi) is 3.55. The van der Waals surface area contributed by atoms with Gasteiger partial charge in [0.25, 0.3) is 5.56 Å². The third kappa shape index (κ3) is 2.47. The molecule has 2 heterocycles. The summed E-state index contributed by atoms with van der Waals surface area (Å²) in [5.41, 5.74) is 4.92. The van der Waals surface area contributed by atoms with Crippen LogP contribution in [-0.4, -0.2) is 31.3 Å². The van der Waals surface area contributed by atoms with Crippen molar-refractivity contribution in [3.8, 4) is 0 Å². The summed E-state index contributed by atoms with van der Waals surface area (Å²) in [5, 5.41) is 3.04. The molecule has 0 atom stereocenters. The molecule has 0 amide bonds. The van der Waals surface area contributed by atoms with Gasteiger partial charge in [0.2, 0.25) is 0 Å².